The Hall–Kier alpha value is -1.18. The van der Waals surface area contributed by atoms with Gasteiger partial charge in [0.1, 0.15) is 6.29 Å². The maximum Gasteiger partial charge on any atom is 0.150 e. The van der Waals surface area contributed by atoms with Crippen molar-refractivity contribution in [2.24, 2.45) is 0 Å². The topological polar surface area (TPSA) is 30.0 Å². The maximum absolute atomic E-state index is 10.6. The average molecular weight is 189 g/mol. The van der Waals surface area contributed by atoms with E-state index in [1.807, 2.05) is 6.07 Å². The Bertz CT molecular complexity index is 316. The van der Waals surface area contributed by atoms with E-state index in [-0.39, 0.29) is 0 Å². The lowest BCUT2D eigenvalue weighted by atomic mass is 9.86. The van der Waals surface area contributed by atoms with Crippen LogP contribution in [0, 0.1) is 0 Å². The van der Waals surface area contributed by atoms with Crippen molar-refractivity contribution in [2.75, 3.05) is 0 Å². The van der Waals surface area contributed by atoms with Crippen molar-refractivity contribution in [2.45, 2.75) is 38.0 Å². The Morgan fingerprint density at radius 2 is 2.07 bits per heavy atom. The van der Waals surface area contributed by atoms with E-state index in [0.717, 1.165) is 17.5 Å². The van der Waals surface area contributed by atoms with Crippen LogP contribution in [-0.4, -0.2) is 11.3 Å². The van der Waals surface area contributed by atoms with Gasteiger partial charge in [0, 0.05) is 23.4 Å². The SMILES string of the molecule is O=Cc1ccnc(C2CCCCC2)c1. The fourth-order valence-corrected chi connectivity index (χ4v) is 2.16. The van der Waals surface area contributed by atoms with Crippen molar-refractivity contribution in [1.29, 1.82) is 0 Å². The van der Waals surface area contributed by atoms with Crippen molar-refractivity contribution < 1.29 is 4.79 Å². The number of rotatable bonds is 2. The number of aldehydes is 1. The molecule has 0 atom stereocenters. The Labute approximate surface area is 84.4 Å². The highest BCUT2D eigenvalue weighted by Gasteiger charge is 2.16. The fraction of sp³-hybridized carbons (Fsp3) is 0.500. The molecule has 2 heteroatoms. The smallest absolute Gasteiger partial charge is 0.150 e. The minimum absolute atomic E-state index is 0.587. The molecule has 14 heavy (non-hydrogen) atoms. The molecule has 1 aromatic rings. The van der Waals surface area contributed by atoms with Gasteiger partial charge in [-0.25, -0.2) is 0 Å². The van der Waals surface area contributed by atoms with Crippen molar-refractivity contribution >= 4 is 6.29 Å². The van der Waals surface area contributed by atoms with E-state index in [1.165, 1.54) is 32.1 Å². The van der Waals surface area contributed by atoms with Crippen LogP contribution >= 0.6 is 0 Å². The van der Waals surface area contributed by atoms with Crippen LogP contribution < -0.4 is 0 Å². The van der Waals surface area contributed by atoms with E-state index >= 15 is 0 Å². The third-order valence-corrected chi connectivity index (χ3v) is 2.96. The molecule has 1 heterocycles. The van der Waals surface area contributed by atoms with Gasteiger partial charge in [0.05, 0.1) is 0 Å². The van der Waals surface area contributed by atoms with Crippen LogP contribution in [0.3, 0.4) is 0 Å². The Morgan fingerprint density at radius 3 is 2.79 bits per heavy atom. The van der Waals surface area contributed by atoms with E-state index in [9.17, 15) is 4.79 Å². The van der Waals surface area contributed by atoms with Gasteiger partial charge in [0.25, 0.3) is 0 Å². The summed E-state index contributed by atoms with van der Waals surface area (Å²) < 4.78 is 0. The Morgan fingerprint density at radius 1 is 1.29 bits per heavy atom. The largest absolute Gasteiger partial charge is 0.298 e. The molecule has 1 fully saturated rings. The van der Waals surface area contributed by atoms with Crippen LogP contribution in [-0.2, 0) is 0 Å². The lowest BCUT2D eigenvalue weighted by Gasteiger charge is -2.20. The summed E-state index contributed by atoms with van der Waals surface area (Å²) >= 11 is 0. The summed E-state index contributed by atoms with van der Waals surface area (Å²) in [5, 5.41) is 0. The second-order valence-corrected chi connectivity index (χ2v) is 3.97. The standard InChI is InChI=1S/C12H15NO/c14-9-10-6-7-13-12(8-10)11-4-2-1-3-5-11/h6-9,11H,1-5H2. The fourth-order valence-electron chi connectivity index (χ4n) is 2.16. The number of nitrogens with zero attached hydrogens (tertiary/aromatic N) is 1. The maximum atomic E-state index is 10.6. The molecule has 1 aliphatic rings. The van der Waals surface area contributed by atoms with Gasteiger partial charge in [-0.1, -0.05) is 19.3 Å². The first-order chi connectivity index (χ1) is 6.90. The van der Waals surface area contributed by atoms with Crippen LogP contribution in [0.1, 0.15) is 54.1 Å². The molecule has 0 amide bonds. The zero-order chi connectivity index (χ0) is 9.80. The molecule has 0 saturated heterocycles. The lowest BCUT2D eigenvalue weighted by molar-refractivity contribution is 0.112. The van der Waals surface area contributed by atoms with Gasteiger partial charge in [-0.15, -0.1) is 0 Å². The zero-order valence-electron chi connectivity index (χ0n) is 8.28. The molecule has 74 valence electrons. The normalized spacial score (nSPS) is 18.0. The minimum Gasteiger partial charge on any atom is -0.298 e. The quantitative estimate of drug-likeness (QED) is 0.669. The second kappa shape index (κ2) is 4.36. The second-order valence-electron chi connectivity index (χ2n) is 3.97. The summed E-state index contributed by atoms with van der Waals surface area (Å²) in [4.78, 5) is 15.0. The number of carbonyl (C=O) groups excluding carboxylic acids is 1. The third-order valence-electron chi connectivity index (χ3n) is 2.96. The van der Waals surface area contributed by atoms with Crippen molar-refractivity contribution in [3.63, 3.8) is 0 Å². The van der Waals surface area contributed by atoms with Crippen LogP contribution in [0.2, 0.25) is 0 Å². The van der Waals surface area contributed by atoms with E-state index in [4.69, 9.17) is 0 Å². The van der Waals surface area contributed by atoms with Gasteiger partial charge in [-0.2, -0.15) is 0 Å². The molecule has 1 aromatic heterocycles. The van der Waals surface area contributed by atoms with E-state index < -0.39 is 0 Å². The summed E-state index contributed by atoms with van der Waals surface area (Å²) in [6.45, 7) is 0. The molecule has 2 nitrogen and oxygen atoms in total. The number of pyridine rings is 1. The Balaban J connectivity index is 2.17. The van der Waals surface area contributed by atoms with Gasteiger partial charge in [-0.05, 0) is 25.0 Å². The van der Waals surface area contributed by atoms with Crippen LogP contribution in [0.5, 0.6) is 0 Å². The molecular formula is C12H15NO. The lowest BCUT2D eigenvalue weighted by Crippen LogP contribution is -2.06. The highest BCUT2D eigenvalue weighted by atomic mass is 16.1. The molecule has 0 spiro atoms. The van der Waals surface area contributed by atoms with Crippen LogP contribution in [0.15, 0.2) is 18.3 Å². The number of hydrogen-bond donors (Lipinski definition) is 0. The van der Waals surface area contributed by atoms with Crippen LogP contribution in [0.25, 0.3) is 0 Å². The molecule has 0 radical (unpaired) electrons. The van der Waals surface area contributed by atoms with Crippen molar-refractivity contribution in [3.8, 4) is 0 Å². The average Bonchev–Trinajstić information content (AvgIpc) is 2.30. The molecular weight excluding hydrogens is 174 g/mol. The highest BCUT2D eigenvalue weighted by molar-refractivity contribution is 5.74. The molecule has 0 unspecified atom stereocenters. The van der Waals surface area contributed by atoms with E-state index in [1.54, 1.807) is 12.3 Å². The molecule has 1 aliphatic carbocycles. The number of hydrogen-bond acceptors (Lipinski definition) is 2. The van der Waals surface area contributed by atoms with Crippen molar-refractivity contribution in [1.82, 2.24) is 4.98 Å². The van der Waals surface area contributed by atoms with Gasteiger partial charge in [-0.3, -0.25) is 9.78 Å². The predicted octanol–water partition coefficient (Wildman–Crippen LogP) is 2.94. The summed E-state index contributed by atoms with van der Waals surface area (Å²) in [6, 6.07) is 3.70. The molecule has 0 aliphatic heterocycles. The van der Waals surface area contributed by atoms with Crippen molar-refractivity contribution in [3.05, 3.63) is 29.6 Å². The van der Waals surface area contributed by atoms with Gasteiger partial charge >= 0.3 is 0 Å². The monoisotopic (exact) mass is 189 g/mol. The predicted molar refractivity (Wildman–Crippen MR) is 55.5 cm³/mol. The summed E-state index contributed by atoms with van der Waals surface area (Å²) in [7, 11) is 0. The zero-order valence-corrected chi connectivity index (χ0v) is 8.28. The summed E-state index contributed by atoms with van der Waals surface area (Å²) in [5.41, 5.74) is 1.86. The van der Waals surface area contributed by atoms with Crippen LogP contribution in [0.4, 0.5) is 0 Å². The highest BCUT2D eigenvalue weighted by Crippen LogP contribution is 2.31. The first kappa shape index (κ1) is 9.38. The summed E-state index contributed by atoms with van der Waals surface area (Å²) in [6.07, 6.45) is 9.06. The molecule has 0 N–H and O–H groups in total. The molecule has 2 rings (SSSR count). The molecule has 0 aromatic carbocycles. The number of aromatic nitrogens is 1. The van der Waals surface area contributed by atoms with E-state index in [2.05, 4.69) is 4.98 Å². The number of carbonyl (C=O) groups is 1. The molecule has 0 bridgehead atoms. The van der Waals surface area contributed by atoms with Gasteiger partial charge < -0.3 is 0 Å². The first-order valence-corrected chi connectivity index (χ1v) is 5.31. The molecule has 1 saturated carbocycles. The van der Waals surface area contributed by atoms with Gasteiger partial charge in [0.15, 0.2) is 0 Å². The third kappa shape index (κ3) is 2.00. The van der Waals surface area contributed by atoms with E-state index in [0.29, 0.717) is 5.92 Å². The minimum atomic E-state index is 0.587. The van der Waals surface area contributed by atoms with Gasteiger partial charge in [0.2, 0.25) is 0 Å². The summed E-state index contributed by atoms with van der Waals surface area (Å²) in [5.74, 6) is 0.587. The first-order valence-electron chi connectivity index (χ1n) is 5.31. The Kier molecular flexibility index (Phi) is 2.92.